The minimum Gasteiger partial charge on any atom is -0.292 e. The molecule has 174 valence electrons. The molecule has 2 aromatic heterocycles. The van der Waals surface area contributed by atoms with Crippen molar-refractivity contribution >= 4 is 44.6 Å². The number of carbonyl (C=O) groups is 2. The van der Waals surface area contributed by atoms with Crippen LogP contribution in [-0.4, -0.2) is 64.1 Å². The van der Waals surface area contributed by atoms with Gasteiger partial charge in [0.25, 0.3) is 5.91 Å². The molecular weight excluding hydrogens is 476 g/mol. The molecule has 2 aromatic carbocycles. The zero-order chi connectivity index (χ0) is 24.3. The average molecular weight is 497 g/mol. The number of hydrogen-bond donors (Lipinski definition) is 1. The predicted molar refractivity (Wildman–Crippen MR) is 127 cm³/mol. The number of thioether (sulfide) groups is 1. The number of rotatable bonds is 7. The predicted octanol–water partition coefficient (Wildman–Crippen LogP) is 2.11. The smallest absolute Gasteiger partial charge is 0.257 e. The molecule has 0 bridgehead atoms. The van der Waals surface area contributed by atoms with Gasteiger partial charge in [-0.25, -0.2) is 27.4 Å². The third kappa shape index (κ3) is 4.83. The minimum absolute atomic E-state index is 0.0541. The molecule has 0 aliphatic carbocycles. The molecule has 0 unspecified atom stereocenters. The summed E-state index contributed by atoms with van der Waals surface area (Å²) in [7, 11) is -0.761. The maximum atomic E-state index is 12.4. The molecule has 0 fully saturated rings. The molecular formula is C22H20N6O4S2. The van der Waals surface area contributed by atoms with Crippen LogP contribution in [0.3, 0.4) is 0 Å². The summed E-state index contributed by atoms with van der Waals surface area (Å²) < 4.78 is 27.0. The number of sulfonamides is 1. The van der Waals surface area contributed by atoms with Gasteiger partial charge in [-0.05, 0) is 36.4 Å². The van der Waals surface area contributed by atoms with Gasteiger partial charge in [-0.1, -0.05) is 30.0 Å². The quantitative estimate of drug-likeness (QED) is 0.304. The van der Waals surface area contributed by atoms with Crippen LogP contribution in [-0.2, 0) is 14.8 Å². The molecule has 0 aliphatic rings. The first-order valence-electron chi connectivity index (χ1n) is 10.0. The molecule has 0 atom stereocenters. The van der Waals surface area contributed by atoms with Gasteiger partial charge in [-0.15, -0.1) is 0 Å². The van der Waals surface area contributed by atoms with Crippen LogP contribution < -0.4 is 5.32 Å². The Bertz CT molecular complexity index is 1450. The second kappa shape index (κ2) is 9.71. The van der Waals surface area contributed by atoms with Gasteiger partial charge in [-0.3, -0.25) is 14.9 Å². The first-order chi connectivity index (χ1) is 16.3. The van der Waals surface area contributed by atoms with Gasteiger partial charge in [0, 0.05) is 19.7 Å². The fourth-order valence-electron chi connectivity index (χ4n) is 3.05. The second-order valence-corrected chi connectivity index (χ2v) is 10.4. The van der Waals surface area contributed by atoms with E-state index in [0.29, 0.717) is 16.1 Å². The number of nitrogens with one attached hydrogen (secondary N) is 1. The zero-order valence-electron chi connectivity index (χ0n) is 18.2. The van der Waals surface area contributed by atoms with E-state index in [1.54, 1.807) is 10.9 Å². The standard InChI is InChI=1S/C22H20N6O4S2/c1-27(2)34(31,32)17-10-8-15(9-11-17)21(30)26-19(29)13-33-22-18-12-25-28(20(18)23-14-24-22)16-6-4-3-5-7-16/h3-12,14H,13H2,1-2H3,(H,26,29,30). The molecule has 1 N–H and O–H groups in total. The highest BCUT2D eigenvalue weighted by Gasteiger charge is 2.19. The lowest BCUT2D eigenvalue weighted by atomic mass is 10.2. The zero-order valence-corrected chi connectivity index (χ0v) is 19.9. The SMILES string of the molecule is CN(C)S(=O)(=O)c1ccc(C(=O)NC(=O)CSc2ncnc3c2cnn3-c2ccccc2)cc1. The molecule has 0 radical (unpaired) electrons. The van der Waals surface area contributed by atoms with Crippen LogP contribution in [0.15, 0.2) is 77.0 Å². The van der Waals surface area contributed by atoms with E-state index in [1.165, 1.54) is 44.7 Å². The van der Waals surface area contributed by atoms with Crippen LogP contribution in [0, 0.1) is 0 Å². The van der Waals surface area contributed by atoms with Crippen LogP contribution >= 0.6 is 11.8 Å². The highest BCUT2D eigenvalue weighted by Crippen LogP contribution is 2.25. The number of nitrogens with zero attached hydrogens (tertiary/aromatic N) is 5. The summed E-state index contributed by atoms with van der Waals surface area (Å²) in [6.45, 7) is 0. The number of aromatic nitrogens is 4. The Morgan fingerprint density at radius 3 is 2.41 bits per heavy atom. The van der Waals surface area contributed by atoms with E-state index >= 15 is 0 Å². The van der Waals surface area contributed by atoms with Crippen molar-refractivity contribution in [3.05, 3.63) is 72.7 Å². The molecule has 2 amide bonds. The summed E-state index contributed by atoms with van der Waals surface area (Å²) in [5.41, 5.74) is 1.62. The summed E-state index contributed by atoms with van der Waals surface area (Å²) in [4.78, 5) is 33.4. The Labute approximate surface area is 200 Å². The molecule has 0 saturated heterocycles. The molecule has 0 saturated carbocycles. The van der Waals surface area contributed by atoms with Crippen molar-refractivity contribution in [2.24, 2.45) is 0 Å². The number of para-hydroxylation sites is 1. The van der Waals surface area contributed by atoms with Gasteiger partial charge in [0.1, 0.15) is 11.4 Å². The average Bonchev–Trinajstić information content (AvgIpc) is 3.28. The fourth-order valence-corrected chi connectivity index (χ4v) is 4.72. The number of imide groups is 1. The van der Waals surface area contributed by atoms with E-state index in [2.05, 4.69) is 20.4 Å². The lowest BCUT2D eigenvalue weighted by Crippen LogP contribution is -2.32. The summed E-state index contributed by atoms with van der Waals surface area (Å²) in [5.74, 6) is -1.19. The van der Waals surface area contributed by atoms with E-state index in [1.807, 2.05) is 30.3 Å². The van der Waals surface area contributed by atoms with Gasteiger partial charge < -0.3 is 0 Å². The molecule has 0 aliphatic heterocycles. The van der Waals surface area contributed by atoms with Gasteiger partial charge in [-0.2, -0.15) is 5.10 Å². The van der Waals surface area contributed by atoms with Crippen molar-refractivity contribution < 1.29 is 18.0 Å². The normalized spacial score (nSPS) is 11.6. The molecule has 0 spiro atoms. The Morgan fingerprint density at radius 2 is 1.74 bits per heavy atom. The fraction of sp³-hybridized carbons (Fsp3) is 0.136. The number of amides is 2. The first-order valence-corrected chi connectivity index (χ1v) is 12.4. The lowest BCUT2D eigenvalue weighted by molar-refractivity contribution is -0.117. The molecule has 4 rings (SSSR count). The Morgan fingerprint density at radius 1 is 1.03 bits per heavy atom. The van der Waals surface area contributed by atoms with Gasteiger partial charge >= 0.3 is 0 Å². The van der Waals surface area contributed by atoms with E-state index in [0.717, 1.165) is 21.8 Å². The molecule has 4 aromatic rings. The van der Waals surface area contributed by atoms with Crippen molar-refractivity contribution in [3.63, 3.8) is 0 Å². The van der Waals surface area contributed by atoms with Crippen LogP contribution in [0.2, 0.25) is 0 Å². The van der Waals surface area contributed by atoms with E-state index < -0.39 is 21.8 Å². The van der Waals surface area contributed by atoms with Crippen molar-refractivity contribution in [1.82, 2.24) is 29.4 Å². The van der Waals surface area contributed by atoms with Crippen molar-refractivity contribution in [1.29, 1.82) is 0 Å². The van der Waals surface area contributed by atoms with Crippen LogP contribution in [0.4, 0.5) is 0 Å². The van der Waals surface area contributed by atoms with Crippen molar-refractivity contribution in [3.8, 4) is 5.69 Å². The van der Waals surface area contributed by atoms with E-state index in [9.17, 15) is 18.0 Å². The number of fused-ring (bicyclic) bond motifs is 1. The van der Waals surface area contributed by atoms with E-state index in [-0.39, 0.29) is 16.2 Å². The third-order valence-electron chi connectivity index (χ3n) is 4.82. The number of hydrogen-bond acceptors (Lipinski definition) is 8. The second-order valence-electron chi connectivity index (χ2n) is 7.29. The van der Waals surface area contributed by atoms with Gasteiger partial charge in [0.2, 0.25) is 15.9 Å². The summed E-state index contributed by atoms with van der Waals surface area (Å²) >= 11 is 1.16. The molecule has 34 heavy (non-hydrogen) atoms. The maximum Gasteiger partial charge on any atom is 0.257 e. The topological polar surface area (TPSA) is 127 Å². The first kappa shape index (κ1) is 23.5. The van der Waals surface area contributed by atoms with Crippen LogP contribution in [0.25, 0.3) is 16.7 Å². The minimum atomic E-state index is -3.60. The molecule has 2 heterocycles. The monoisotopic (exact) mass is 496 g/mol. The van der Waals surface area contributed by atoms with Crippen LogP contribution in [0.1, 0.15) is 10.4 Å². The van der Waals surface area contributed by atoms with Crippen molar-refractivity contribution in [2.45, 2.75) is 9.92 Å². The summed E-state index contributed by atoms with van der Waals surface area (Å²) in [6, 6.07) is 14.9. The Hall–Kier alpha value is -3.61. The molecule has 12 heteroatoms. The highest BCUT2D eigenvalue weighted by molar-refractivity contribution is 8.00. The van der Waals surface area contributed by atoms with Gasteiger partial charge in [0.05, 0.1) is 27.9 Å². The van der Waals surface area contributed by atoms with E-state index in [4.69, 9.17) is 0 Å². The van der Waals surface area contributed by atoms with Crippen LogP contribution in [0.5, 0.6) is 0 Å². The van der Waals surface area contributed by atoms with Crippen molar-refractivity contribution in [2.75, 3.05) is 19.8 Å². The largest absolute Gasteiger partial charge is 0.292 e. The lowest BCUT2D eigenvalue weighted by Gasteiger charge is -2.11. The maximum absolute atomic E-state index is 12.4. The van der Waals surface area contributed by atoms with Gasteiger partial charge in [0.15, 0.2) is 5.65 Å². The number of benzene rings is 2. The summed E-state index contributed by atoms with van der Waals surface area (Å²) in [6.07, 6.45) is 3.04. The Kier molecular flexibility index (Phi) is 6.72. The highest BCUT2D eigenvalue weighted by atomic mass is 32.2. The summed E-state index contributed by atoms with van der Waals surface area (Å²) in [5, 5.41) is 7.93. The molecule has 10 nitrogen and oxygen atoms in total. The Balaban J connectivity index is 1.41. The number of carbonyl (C=O) groups excluding carboxylic acids is 2. The third-order valence-corrected chi connectivity index (χ3v) is 7.65.